The Morgan fingerprint density at radius 2 is 1.67 bits per heavy atom. The van der Waals surface area contributed by atoms with Gasteiger partial charge < -0.3 is 4.74 Å². The molecule has 0 N–H and O–H groups in total. The number of hydrogen-bond donors (Lipinski definition) is 0. The van der Waals surface area contributed by atoms with Gasteiger partial charge in [0.05, 0.1) is 0 Å². The van der Waals surface area contributed by atoms with Crippen molar-refractivity contribution in [3.63, 3.8) is 0 Å². The van der Waals surface area contributed by atoms with Crippen molar-refractivity contribution in [2.45, 2.75) is 59.2 Å². The molecule has 0 aromatic heterocycles. The molecule has 3 heteroatoms. The van der Waals surface area contributed by atoms with Crippen molar-refractivity contribution in [2.75, 3.05) is 0 Å². The van der Waals surface area contributed by atoms with E-state index >= 15 is 0 Å². The zero-order valence-electron chi connectivity index (χ0n) is 10.0. The number of carbonyl (C=O) groups is 2. The van der Waals surface area contributed by atoms with Crippen molar-refractivity contribution in [3.8, 4) is 0 Å². The molecule has 0 aromatic carbocycles. The van der Waals surface area contributed by atoms with Crippen molar-refractivity contribution >= 4 is 11.6 Å². The van der Waals surface area contributed by atoms with Crippen molar-refractivity contribution in [1.82, 2.24) is 0 Å². The minimum absolute atomic E-state index is 0.0291. The van der Waals surface area contributed by atoms with Crippen LogP contribution in [0.4, 0.5) is 0 Å². The van der Waals surface area contributed by atoms with Crippen LogP contribution in [0.3, 0.4) is 0 Å². The van der Waals surface area contributed by atoms with E-state index in [1.54, 1.807) is 0 Å². The smallest absolute Gasteiger partial charge is 0.166 e. The predicted octanol–water partition coefficient (Wildman–Crippen LogP) is 2.13. The fraction of sp³-hybridized carbons (Fsp3) is 0.833. The minimum atomic E-state index is -0.386. The summed E-state index contributed by atoms with van der Waals surface area (Å²) in [5, 5.41) is 0. The average molecular weight is 212 g/mol. The van der Waals surface area contributed by atoms with Crippen LogP contribution >= 0.6 is 0 Å². The molecule has 1 fully saturated rings. The summed E-state index contributed by atoms with van der Waals surface area (Å²) in [7, 11) is 0. The molecule has 0 aromatic rings. The predicted molar refractivity (Wildman–Crippen MR) is 57.7 cm³/mol. The molecule has 1 aliphatic heterocycles. The maximum Gasteiger partial charge on any atom is 0.166 e. The van der Waals surface area contributed by atoms with Crippen molar-refractivity contribution in [1.29, 1.82) is 0 Å². The Bertz CT molecular complexity index is 263. The zero-order valence-corrected chi connectivity index (χ0v) is 10.0. The summed E-state index contributed by atoms with van der Waals surface area (Å²) in [5.41, 5.74) is -0.386. The second-order valence-electron chi connectivity index (χ2n) is 5.27. The van der Waals surface area contributed by atoms with Crippen LogP contribution in [0.15, 0.2) is 0 Å². The first-order chi connectivity index (χ1) is 6.82. The highest BCUT2D eigenvalue weighted by Crippen LogP contribution is 2.26. The maximum absolute atomic E-state index is 12.0. The molecule has 0 saturated carbocycles. The van der Waals surface area contributed by atoms with E-state index in [0.717, 1.165) is 19.3 Å². The number of carbonyl (C=O) groups excluding carboxylic acids is 2. The third kappa shape index (κ3) is 3.13. The Morgan fingerprint density at radius 1 is 1.13 bits per heavy atom. The molecule has 1 saturated heterocycles. The highest BCUT2D eigenvalue weighted by Gasteiger charge is 2.35. The van der Waals surface area contributed by atoms with Crippen LogP contribution in [0.5, 0.6) is 0 Å². The number of ketones is 2. The summed E-state index contributed by atoms with van der Waals surface area (Å²) in [6.07, 6.45) is 1.66. The summed E-state index contributed by atoms with van der Waals surface area (Å²) in [6.45, 7) is 7.18. The summed E-state index contributed by atoms with van der Waals surface area (Å²) >= 11 is 0. The monoisotopic (exact) mass is 212 g/mol. The van der Waals surface area contributed by atoms with Crippen LogP contribution in [0.25, 0.3) is 0 Å². The SMILES string of the molecule is CC(=O)C1CCCC(C(=O)C(C)(C)C)O1. The standard InChI is InChI=1S/C12H20O3/c1-8(13)9-6-5-7-10(15-9)11(14)12(2,3)4/h9-10H,5-7H2,1-4H3. The third-order valence-corrected chi connectivity index (χ3v) is 2.75. The molecule has 1 aliphatic rings. The summed E-state index contributed by atoms with van der Waals surface area (Å²) < 4.78 is 5.54. The van der Waals surface area contributed by atoms with Crippen LogP contribution < -0.4 is 0 Å². The van der Waals surface area contributed by atoms with Gasteiger partial charge in [-0.15, -0.1) is 0 Å². The van der Waals surface area contributed by atoms with Crippen molar-refractivity contribution < 1.29 is 14.3 Å². The molecule has 15 heavy (non-hydrogen) atoms. The molecule has 2 unspecified atom stereocenters. The van der Waals surface area contributed by atoms with Crippen LogP contribution in [-0.4, -0.2) is 23.8 Å². The van der Waals surface area contributed by atoms with Gasteiger partial charge in [-0.25, -0.2) is 0 Å². The molecule has 1 rings (SSSR count). The lowest BCUT2D eigenvalue weighted by Gasteiger charge is -2.31. The second kappa shape index (κ2) is 4.44. The number of hydrogen-bond acceptors (Lipinski definition) is 3. The molecular weight excluding hydrogens is 192 g/mol. The molecule has 3 nitrogen and oxygen atoms in total. The largest absolute Gasteiger partial charge is 0.359 e. The molecule has 0 bridgehead atoms. The van der Waals surface area contributed by atoms with Gasteiger partial charge in [-0.1, -0.05) is 20.8 Å². The maximum atomic E-state index is 12.0. The number of ether oxygens (including phenoxy) is 1. The highest BCUT2D eigenvalue weighted by atomic mass is 16.5. The van der Waals surface area contributed by atoms with Crippen LogP contribution in [0, 0.1) is 5.41 Å². The lowest BCUT2D eigenvalue weighted by molar-refractivity contribution is -0.153. The van der Waals surface area contributed by atoms with E-state index in [4.69, 9.17) is 4.74 Å². The van der Waals surface area contributed by atoms with Gasteiger partial charge in [-0.05, 0) is 26.2 Å². The van der Waals surface area contributed by atoms with Gasteiger partial charge in [-0.2, -0.15) is 0 Å². The Hall–Kier alpha value is -0.700. The molecule has 0 radical (unpaired) electrons. The van der Waals surface area contributed by atoms with E-state index in [1.807, 2.05) is 20.8 Å². The third-order valence-electron chi connectivity index (χ3n) is 2.75. The Balaban J connectivity index is 2.64. The van der Waals surface area contributed by atoms with E-state index in [2.05, 4.69) is 0 Å². The van der Waals surface area contributed by atoms with E-state index in [-0.39, 0.29) is 29.2 Å². The van der Waals surface area contributed by atoms with Gasteiger partial charge in [0, 0.05) is 5.41 Å². The van der Waals surface area contributed by atoms with Crippen LogP contribution in [-0.2, 0) is 14.3 Å². The minimum Gasteiger partial charge on any atom is -0.359 e. The molecule has 0 spiro atoms. The van der Waals surface area contributed by atoms with Gasteiger partial charge >= 0.3 is 0 Å². The summed E-state index contributed by atoms with van der Waals surface area (Å²) in [5.74, 6) is 0.134. The van der Waals surface area contributed by atoms with Gasteiger partial charge in [-0.3, -0.25) is 9.59 Å². The number of Topliss-reactive ketones (excluding diaryl/α,β-unsaturated/α-hetero) is 2. The van der Waals surface area contributed by atoms with E-state index in [9.17, 15) is 9.59 Å². The Labute approximate surface area is 91.2 Å². The number of rotatable bonds is 2. The zero-order chi connectivity index (χ0) is 11.6. The highest BCUT2D eigenvalue weighted by molar-refractivity contribution is 5.88. The summed E-state index contributed by atoms with van der Waals surface area (Å²) in [6, 6.07) is 0. The second-order valence-corrected chi connectivity index (χ2v) is 5.27. The van der Waals surface area contributed by atoms with Gasteiger partial charge in [0.1, 0.15) is 12.2 Å². The van der Waals surface area contributed by atoms with E-state index in [1.165, 1.54) is 6.92 Å². The molecular formula is C12H20O3. The average Bonchev–Trinajstić information content (AvgIpc) is 2.15. The van der Waals surface area contributed by atoms with Gasteiger partial charge in [0.25, 0.3) is 0 Å². The summed E-state index contributed by atoms with van der Waals surface area (Å²) in [4.78, 5) is 23.1. The van der Waals surface area contributed by atoms with Crippen LogP contribution in [0.2, 0.25) is 0 Å². The van der Waals surface area contributed by atoms with Gasteiger partial charge in [0.15, 0.2) is 11.6 Å². The van der Waals surface area contributed by atoms with Crippen molar-refractivity contribution in [2.24, 2.45) is 5.41 Å². The molecule has 0 aliphatic carbocycles. The normalized spacial score (nSPS) is 27.5. The lowest BCUT2D eigenvalue weighted by atomic mass is 9.84. The first kappa shape index (κ1) is 12.4. The lowest BCUT2D eigenvalue weighted by Crippen LogP contribution is -2.41. The Morgan fingerprint density at radius 3 is 2.13 bits per heavy atom. The first-order valence-corrected chi connectivity index (χ1v) is 5.52. The Kier molecular flexibility index (Phi) is 3.66. The fourth-order valence-corrected chi connectivity index (χ4v) is 1.80. The molecule has 2 atom stereocenters. The van der Waals surface area contributed by atoms with Crippen LogP contribution in [0.1, 0.15) is 47.0 Å². The topological polar surface area (TPSA) is 43.4 Å². The van der Waals surface area contributed by atoms with Gasteiger partial charge in [0.2, 0.25) is 0 Å². The van der Waals surface area contributed by atoms with E-state index < -0.39 is 0 Å². The molecule has 1 heterocycles. The molecule has 0 amide bonds. The fourth-order valence-electron chi connectivity index (χ4n) is 1.80. The quantitative estimate of drug-likeness (QED) is 0.704. The first-order valence-electron chi connectivity index (χ1n) is 5.52. The molecule has 86 valence electrons. The van der Waals surface area contributed by atoms with E-state index in [0.29, 0.717) is 0 Å². The van der Waals surface area contributed by atoms with Crippen molar-refractivity contribution in [3.05, 3.63) is 0 Å².